The van der Waals surface area contributed by atoms with Crippen molar-refractivity contribution in [1.29, 1.82) is 0 Å². The minimum Gasteiger partial charge on any atom is -0.497 e. The number of amides is 1. The largest absolute Gasteiger partial charge is 0.497 e. The lowest BCUT2D eigenvalue weighted by Crippen LogP contribution is -2.41. The number of likely N-dealkylation sites (N-methyl/N-ethyl adjacent to an activating group) is 1. The fourth-order valence-electron chi connectivity index (χ4n) is 2.09. The second-order valence-electron chi connectivity index (χ2n) is 6.13. The molecule has 26 heavy (non-hydrogen) atoms. The van der Waals surface area contributed by atoms with Crippen LogP contribution in [0.4, 0.5) is 0 Å². The van der Waals surface area contributed by atoms with Crippen molar-refractivity contribution in [1.82, 2.24) is 15.5 Å². The lowest BCUT2D eigenvalue weighted by Gasteiger charge is -2.22. The molecule has 0 atom stereocenters. The predicted molar refractivity (Wildman–Crippen MR) is 105 cm³/mol. The molecule has 0 radical (unpaired) electrons. The number of rotatable bonds is 10. The zero-order valence-corrected chi connectivity index (χ0v) is 16.5. The van der Waals surface area contributed by atoms with Gasteiger partial charge in [-0.3, -0.25) is 9.79 Å². The Balaban J connectivity index is 2.41. The Kier molecular flexibility index (Phi) is 9.97. The Bertz CT molecular complexity index is 558. The first-order valence-corrected chi connectivity index (χ1v) is 9.02. The average Bonchev–Trinajstić information content (AvgIpc) is 2.64. The zero-order valence-electron chi connectivity index (χ0n) is 16.5. The summed E-state index contributed by atoms with van der Waals surface area (Å²) in [6.45, 7) is 8.84. The van der Waals surface area contributed by atoms with Gasteiger partial charge in [-0.25, -0.2) is 0 Å². The van der Waals surface area contributed by atoms with E-state index in [-0.39, 0.29) is 11.8 Å². The monoisotopic (exact) mass is 364 g/mol. The summed E-state index contributed by atoms with van der Waals surface area (Å²) in [5.41, 5.74) is 0. The topological polar surface area (TPSA) is 75.2 Å². The van der Waals surface area contributed by atoms with Gasteiger partial charge < -0.3 is 25.0 Å². The van der Waals surface area contributed by atoms with Crippen molar-refractivity contribution in [3.63, 3.8) is 0 Å². The van der Waals surface area contributed by atoms with E-state index in [1.807, 2.05) is 57.0 Å². The van der Waals surface area contributed by atoms with Gasteiger partial charge in [-0.1, -0.05) is 13.8 Å². The average molecular weight is 364 g/mol. The molecule has 7 nitrogen and oxygen atoms in total. The summed E-state index contributed by atoms with van der Waals surface area (Å²) in [5, 5.41) is 6.11. The second kappa shape index (κ2) is 12.0. The van der Waals surface area contributed by atoms with Gasteiger partial charge in [0.25, 0.3) is 0 Å². The number of ether oxygens (including phenoxy) is 2. The molecule has 0 aliphatic rings. The maximum atomic E-state index is 11.6. The maximum Gasteiger partial charge on any atom is 0.222 e. The summed E-state index contributed by atoms with van der Waals surface area (Å²) in [7, 11) is 3.60. The highest BCUT2D eigenvalue weighted by Crippen LogP contribution is 2.16. The molecule has 0 aliphatic heterocycles. The first-order chi connectivity index (χ1) is 12.5. The van der Waals surface area contributed by atoms with Crippen LogP contribution in [-0.4, -0.2) is 63.7 Å². The van der Waals surface area contributed by atoms with Crippen molar-refractivity contribution in [2.24, 2.45) is 10.9 Å². The summed E-state index contributed by atoms with van der Waals surface area (Å²) in [6.07, 6.45) is 0. The quantitative estimate of drug-likeness (QED) is 0.376. The Morgan fingerprint density at radius 2 is 1.85 bits per heavy atom. The molecule has 2 N–H and O–H groups in total. The first-order valence-electron chi connectivity index (χ1n) is 9.02. The van der Waals surface area contributed by atoms with Gasteiger partial charge in [0.1, 0.15) is 18.1 Å². The van der Waals surface area contributed by atoms with Gasteiger partial charge in [0.15, 0.2) is 5.96 Å². The van der Waals surface area contributed by atoms with Gasteiger partial charge in [-0.15, -0.1) is 0 Å². The third-order valence-electron chi connectivity index (χ3n) is 3.65. The fraction of sp³-hybridized carbons (Fsp3) is 0.579. The number of carbonyl (C=O) groups excluding carboxylic acids is 1. The molecule has 1 amide bonds. The second-order valence-corrected chi connectivity index (χ2v) is 6.13. The van der Waals surface area contributed by atoms with Crippen LogP contribution in [0.5, 0.6) is 11.5 Å². The molecular weight excluding hydrogens is 332 g/mol. The van der Waals surface area contributed by atoms with E-state index >= 15 is 0 Å². The van der Waals surface area contributed by atoms with Crippen LogP contribution in [0, 0.1) is 5.92 Å². The highest BCUT2D eigenvalue weighted by Gasteiger charge is 2.07. The maximum absolute atomic E-state index is 11.6. The number of guanidine groups is 1. The van der Waals surface area contributed by atoms with Crippen LogP contribution in [0.2, 0.25) is 0 Å². The molecule has 146 valence electrons. The lowest BCUT2D eigenvalue weighted by atomic mass is 10.2. The van der Waals surface area contributed by atoms with E-state index in [2.05, 4.69) is 15.6 Å². The molecule has 0 unspecified atom stereocenters. The van der Waals surface area contributed by atoms with Crippen LogP contribution in [0.3, 0.4) is 0 Å². The predicted octanol–water partition coefficient (Wildman–Crippen LogP) is 1.74. The standard InChI is InChI=1S/C19H32N4O3/c1-6-20-19(22-12-11-21-18(24)15(2)3)23(4)13-14-26-17-9-7-16(25-5)8-10-17/h7-10,15H,6,11-14H2,1-5H3,(H,20,22)(H,21,24). The Morgan fingerprint density at radius 3 is 2.42 bits per heavy atom. The third-order valence-corrected chi connectivity index (χ3v) is 3.65. The van der Waals surface area contributed by atoms with Crippen LogP contribution in [-0.2, 0) is 4.79 Å². The number of nitrogens with one attached hydrogen (secondary N) is 2. The van der Waals surface area contributed by atoms with Gasteiger partial charge in [-0.05, 0) is 31.2 Å². The highest BCUT2D eigenvalue weighted by atomic mass is 16.5. The molecule has 0 saturated heterocycles. The van der Waals surface area contributed by atoms with Crippen molar-refractivity contribution in [3.05, 3.63) is 24.3 Å². The van der Waals surface area contributed by atoms with E-state index < -0.39 is 0 Å². The minimum atomic E-state index is -0.00927. The van der Waals surface area contributed by atoms with Crippen molar-refractivity contribution in [3.8, 4) is 11.5 Å². The van der Waals surface area contributed by atoms with E-state index in [1.54, 1.807) is 7.11 Å². The normalized spacial score (nSPS) is 11.2. The van der Waals surface area contributed by atoms with Crippen LogP contribution < -0.4 is 20.1 Å². The first kappa shape index (κ1) is 21.6. The van der Waals surface area contributed by atoms with Crippen LogP contribution >= 0.6 is 0 Å². The highest BCUT2D eigenvalue weighted by molar-refractivity contribution is 5.80. The third kappa shape index (κ3) is 8.09. The van der Waals surface area contributed by atoms with Crippen molar-refractivity contribution in [2.75, 3.05) is 46.9 Å². The van der Waals surface area contributed by atoms with Crippen LogP contribution in [0.15, 0.2) is 29.3 Å². The summed E-state index contributed by atoms with van der Waals surface area (Å²) < 4.78 is 10.9. The molecule has 7 heteroatoms. The molecule has 0 aliphatic carbocycles. The Morgan fingerprint density at radius 1 is 1.19 bits per heavy atom. The molecule has 0 aromatic heterocycles. The fourth-order valence-corrected chi connectivity index (χ4v) is 2.09. The van der Waals surface area contributed by atoms with E-state index in [4.69, 9.17) is 9.47 Å². The number of aliphatic imine (C=N–C) groups is 1. The van der Waals surface area contributed by atoms with E-state index in [1.165, 1.54) is 0 Å². The molecule has 0 bridgehead atoms. The number of benzene rings is 1. The number of methoxy groups -OCH3 is 1. The van der Waals surface area contributed by atoms with Crippen molar-refractivity contribution in [2.45, 2.75) is 20.8 Å². The van der Waals surface area contributed by atoms with E-state index in [0.29, 0.717) is 26.2 Å². The Labute approximate surface area is 156 Å². The lowest BCUT2D eigenvalue weighted by molar-refractivity contribution is -0.123. The molecule has 1 aromatic carbocycles. The smallest absolute Gasteiger partial charge is 0.222 e. The van der Waals surface area contributed by atoms with Crippen molar-refractivity contribution >= 4 is 11.9 Å². The van der Waals surface area contributed by atoms with Crippen LogP contribution in [0.1, 0.15) is 20.8 Å². The summed E-state index contributed by atoms with van der Waals surface area (Å²) in [6, 6.07) is 7.51. The summed E-state index contributed by atoms with van der Waals surface area (Å²) in [4.78, 5) is 18.1. The molecular formula is C19H32N4O3. The van der Waals surface area contributed by atoms with E-state index in [9.17, 15) is 4.79 Å². The van der Waals surface area contributed by atoms with Crippen molar-refractivity contribution < 1.29 is 14.3 Å². The van der Waals surface area contributed by atoms with Gasteiger partial charge in [-0.2, -0.15) is 0 Å². The molecule has 1 rings (SSSR count). The SMILES string of the molecule is CCNC(=NCCNC(=O)C(C)C)N(C)CCOc1ccc(OC)cc1. The number of carbonyl (C=O) groups is 1. The summed E-state index contributed by atoms with van der Waals surface area (Å²) in [5.74, 6) is 2.44. The van der Waals surface area contributed by atoms with Crippen LogP contribution in [0.25, 0.3) is 0 Å². The Hall–Kier alpha value is -2.44. The van der Waals surface area contributed by atoms with E-state index in [0.717, 1.165) is 24.0 Å². The molecule has 0 fully saturated rings. The molecule has 0 spiro atoms. The molecule has 1 aromatic rings. The number of hydrogen-bond acceptors (Lipinski definition) is 4. The molecule has 0 saturated carbocycles. The van der Waals surface area contributed by atoms with Gasteiger partial charge in [0, 0.05) is 26.1 Å². The minimum absolute atomic E-state index is 0.00927. The molecule has 0 heterocycles. The van der Waals surface area contributed by atoms with Gasteiger partial charge in [0.05, 0.1) is 20.2 Å². The van der Waals surface area contributed by atoms with Gasteiger partial charge in [0.2, 0.25) is 5.91 Å². The number of hydrogen-bond donors (Lipinski definition) is 2. The van der Waals surface area contributed by atoms with Gasteiger partial charge >= 0.3 is 0 Å². The summed E-state index contributed by atoms with van der Waals surface area (Å²) >= 11 is 0. The number of nitrogens with zero attached hydrogens (tertiary/aromatic N) is 2. The zero-order chi connectivity index (χ0) is 19.4.